The second kappa shape index (κ2) is 6.97. The highest BCUT2D eigenvalue weighted by Gasteiger charge is 2.14. The Morgan fingerprint density at radius 3 is 2.56 bits per heavy atom. The molecule has 0 saturated heterocycles. The number of carboxylic acid groups (broad SMARTS) is 1. The van der Waals surface area contributed by atoms with Gasteiger partial charge in [-0.15, -0.1) is 11.8 Å². The maximum Gasteiger partial charge on any atom is 0.316 e. The summed E-state index contributed by atoms with van der Waals surface area (Å²) in [4.78, 5) is 10.8. The Labute approximate surface area is 109 Å². The molecule has 1 N–H and O–H groups in total. The zero-order chi connectivity index (χ0) is 12.0. The van der Waals surface area contributed by atoms with Crippen molar-refractivity contribution in [2.75, 3.05) is 5.75 Å². The van der Waals surface area contributed by atoms with Crippen molar-refractivity contribution in [3.05, 3.63) is 34.3 Å². The van der Waals surface area contributed by atoms with Gasteiger partial charge in [-0.25, -0.2) is 0 Å². The predicted octanol–water partition coefficient (Wildman–Crippen LogP) is 3.59. The molecular formula is C12H15BrO2S. The van der Waals surface area contributed by atoms with Crippen molar-refractivity contribution in [1.29, 1.82) is 0 Å². The van der Waals surface area contributed by atoms with Crippen molar-refractivity contribution in [1.82, 2.24) is 0 Å². The highest BCUT2D eigenvalue weighted by Crippen LogP contribution is 2.17. The van der Waals surface area contributed by atoms with Crippen molar-refractivity contribution in [2.45, 2.75) is 25.0 Å². The lowest BCUT2D eigenvalue weighted by atomic mass is 10.2. The lowest BCUT2D eigenvalue weighted by molar-refractivity contribution is -0.136. The van der Waals surface area contributed by atoms with Crippen molar-refractivity contribution in [2.24, 2.45) is 0 Å². The summed E-state index contributed by atoms with van der Waals surface area (Å²) in [7, 11) is 0. The first-order valence-electron chi connectivity index (χ1n) is 5.22. The minimum absolute atomic E-state index is 0.268. The molecule has 1 aromatic rings. The molecule has 0 bridgehead atoms. The van der Waals surface area contributed by atoms with Gasteiger partial charge in [0.2, 0.25) is 0 Å². The standard InChI is InChI=1S/C12H15BrO2S/c1-2-11(12(14)15)16-8-7-9-3-5-10(13)6-4-9/h3-6,11H,2,7-8H2,1H3,(H,14,15). The predicted molar refractivity (Wildman–Crippen MR) is 72.0 cm³/mol. The molecule has 0 saturated carbocycles. The number of thioether (sulfide) groups is 1. The van der Waals surface area contributed by atoms with E-state index in [0.717, 1.165) is 16.6 Å². The Balaban J connectivity index is 2.35. The van der Waals surface area contributed by atoms with Crippen LogP contribution in [0.2, 0.25) is 0 Å². The molecule has 0 spiro atoms. The number of halogens is 1. The van der Waals surface area contributed by atoms with Gasteiger partial charge in [0.05, 0.1) is 0 Å². The number of aliphatic carboxylic acids is 1. The molecule has 4 heteroatoms. The fourth-order valence-electron chi connectivity index (χ4n) is 1.33. The minimum atomic E-state index is -0.705. The van der Waals surface area contributed by atoms with Gasteiger partial charge < -0.3 is 5.11 Å². The molecule has 0 aliphatic rings. The molecule has 0 heterocycles. The summed E-state index contributed by atoms with van der Waals surface area (Å²) in [5, 5.41) is 8.61. The van der Waals surface area contributed by atoms with Crippen LogP contribution in [0.25, 0.3) is 0 Å². The van der Waals surface area contributed by atoms with Gasteiger partial charge in [0, 0.05) is 4.47 Å². The quantitative estimate of drug-likeness (QED) is 0.872. The maximum atomic E-state index is 10.8. The van der Waals surface area contributed by atoms with Crippen LogP contribution in [0.15, 0.2) is 28.7 Å². The van der Waals surface area contributed by atoms with Crippen LogP contribution in [0.5, 0.6) is 0 Å². The first-order valence-corrected chi connectivity index (χ1v) is 7.06. The summed E-state index contributed by atoms with van der Waals surface area (Å²) in [5.74, 6) is 0.148. The smallest absolute Gasteiger partial charge is 0.316 e. The number of benzene rings is 1. The van der Waals surface area contributed by atoms with Crippen LogP contribution in [0.4, 0.5) is 0 Å². The fraction of sp³-hybridized carbons (Fsp3) is 0.417. The molecule has 1 aromatic carbocycles. The average molecular weight is 303 g/mol. The minimum Gasteiger partial charge on any atom is -0.480 e. The maximum absolute atomic E-state index is 10.8. The van der Waals surface area contributed by atoms with Gasteiger partial charge in [-0.05, 0) is 36.3 Å². The highest BCUT2D eigenvalue weighted by atomic mass is 79.9. The van der Waals surface area contributed by atoms with Crippen LogP contribution >= 0.6 is 27.7 Å². The van der Waals surface area contributed by atoms with Crippen LogP contribution in [-0.2, 0) is 11.2 Å². The van der Waals surface area contributed by atoms with Crippen LogP contribution in [0.3, 0.4) is 0 Å². The van der Waals surface area contributed by atoms with Crippen molar-refractivity contribution >= 4 is 33.7 Å². The third-order valence-electron chi connectivity index (χ3n) is 2.27. The molecular weight excluding hydrogens is 288 g/mol. The summed E-state index contributed by atoms with van der Waals surface area (Å²) >= 11 is 4.90. The summed E-state index contributed by atoms with van der Waals surface area (Å²) in [5.41, 5.74) is 1.25. The topological polar surface area (TPSA) is 37.3 Å². The lowest BCUT2D eigenvalue weighted by Crippen LogP contribution is -2.15. The summed E-state index contributed by atoms with van der Waals surface area (Å²) in [6, 6.07) is 8.14. The SMILES string of the molecule is CCC(SCCc1ccc(Br)cc1)C(=O)O. The van der Waals surface area contributed by atoms with Gasteiger partial charge in [-0.1, -0.05) is 35.0 Å². The molecule has 1 rings (SSSR count). The highest BCUT2D eigenvalue weighted by molar-refractivity contribution is 9.10. The van der Waals surface area contributed by atoms with E-state index in [9.17, 15) is 4.79 Å². The molecule has 2 nitrogen and oxygen atoms in total. The summed E-state index contributed by atoms with van der Waals surface area (Å²) < 4.78 is 1.07. The molecule has 1 atom stereocenters. The molecule has 0 aliphatic heterocycles. The molecule has 0 aliphatic carbocycles. The second-order valence-electron chi connectivity index (χ2n) is 3.48. The first-order chi connectivity index (χ1) is 7.63. The van der Waals surface area contributed by atoms with Crippen molar-refractivity contribution in [3.8, 4) is 0 Å². The molecule has 16 heavy (non-hydrogen) atoms. The summed E-state index contributed by atoms with van der Waals surface area (Å²) in [6.07, 6.45) is 1.60. The van der Waals surface area contributed by atoms with E-state index in [2.05, 4.69) is 28.1 Å². The Bertz CT molecular complexity index is 337. The molecule has 0 aromatic heterocycles. The fourth-order valence-corrected chi connectivity index (χ4v) is 2.61. The number of rotatable bonds is 6. The third-order valence-corrected chi connectivity index (χ3v) is 4.18. The van der Waals surface area contributed by atoms with Gasteiger partial charge in [-0.3, -0.25) is 4.79 Å². The lowest BCUT2D eigenvalue weighted by Gasteiger charge is -2.08. The molecule has 0 amide bonds. The van der Waals surface area contributed by atoms with Gasteiger partial charge in [0.1, 0.15) is 5.25 Å². The molecule has 88 valence electrons. The van der Waals surface area contributed by atoms with Crippen LogP contribution in [0.1, 0.15) is 18.9 Å². The van der Waals surface area contributed by atoms with E-state index in [1.165, 1.54) is 17.3 Å². The number of carboxylic acids is 1. The monoisotopic (exact) mass is 302 g/mol. The van der Waals surface area contributed by atoms with E-state index in [1.54, 1.807) is 0 Å². The van der Waals surface area contributed by atoms with E-state index >= 15 is 0 Å². The van der Waals surface area contributed by atoms with Crippen molar-refractivity contribution < 1.29 is 9.90 Å². The number of aryl methyl sites for hydroxylation is 1. The number of hydrogen-bond donors (Lipinski definition) is 1. The van der Waals surface area contributed by atoms with Crippen LogP contribution in [0, 0.1) is 0 Å². The van der Waals surface area contributed by atoms with Gasteiger partial charge in [0.25, 0.3) is 0 Å². The Morgan fingerprint density at radius 1 is 1.44 bits per heavy atom. The van der Waals surface area contributed by atoms with E-state index in [0.29, 0.717) is 6.42 Å². The zero-order valence-electron chi connectivity index (χ0n) is 9.15. The Kier molecular flexibility index (Phi) is 5.91. The van der Waals surface area contributed by atoms with Gasteiger partial charge in [-0.2, -0.15) is 0 Å². The summed E-state index contributed by atoms with van der Waals surface area (Å²) in [6.45, 7) is 1.91. The van der Waals surface area contributed by atoms with E-state index in [1.807, 2.05) is 19.1 Å². The van der Waals surface area contributed by atoms with E-state index < -0.39 is 5.97 Å². The molecule has 1 unspecified atom stereocenters. The van der Waals surface area contributed by atoms with Gasteiger partial charge in [0.15, 0.2) is 0 Å². The number of hydrogen-bond acceptors (Lipinski definition) is 2. The van der Waals surface area contributed by atoms with Crippen molar-refractivity contribution in [3.63, 3.8) is 0 Å². The van der Waals surface area contributed by atoms with Crippen LogP contribution in [-0.4, -0.2) is 22.1 Å². The molecule has 0 radical (unpaired) electrons. The Morgan fingerprint density at radius 2 is 2.06 bits per heavy atom. The van der Waals surface area contributed by atoms with E-state index in [4.69, 9.17) is 5.11 Å². The third kappa shape index (κ3) is 4.58. The van der Waals surface area contributed by atoms with E-state index in [-0.39, 0.29) is 5.25 Å². The largest absolute Gasteiger partial charge is 0.480 e. The zero-order valence-corrected chi connectivity index (χ0v) is 11.6. The van der Waals surface area contributed by atoms with Gasteiger partial charge >= 0.3 is 5.97 Å². The molecule has 0 fully saturated rings. The Hall–Kier alpha value is -0.480. The number of carbonyl (C=O) groups is 1. The normalized spacial score (nSPS) is 12.4. The van der Waals surface area contributed by atoms with Crippen LogP contribution < -0.4 is 0 Å². The average Bonchev–Trinajstić information content (AvgIpc) is 2.26. The first kappa shape index (κ1) is 13.6. The second-order valence-corrected chi connectivity index (χ2v) is 5.71.